The Hall–Kier alpha value is -1.86. The smallest absolute Gasteiger partial charge is 0.307 e. The van der Waals surface area contributed by atoms with Gasteiger partial charge in [0.15, 0.2) is 0 Å². The van der Waals surface area contributed by atoms with Crippen molar-refractivity contribution in [2.75, 3.05) is 7.11 Å². The summed E-state index contributed by atoms with van der Waals surface area (Å²) in [5.41, 5.74) is 1.21. The molecule has 0 saturated carbocycles. The monoisotopic (exact) mass is 258 g/mol. The van der Waals surface area contributed by atoms with Gasteiger partial charge in [-0.3, -0.25) is 9.69 Å². The highest BCUT2D eigenvalue weighted by Crippen LogP contribution is 2.32. The summed E-state index contributed by atoms with van der Waals surface area (Å²) in [5, 5.41) is 8.83. The standard InChI is InChI=1S/C15H18N2O2/c1-19-15(18)10-14-9-13(7-8-16)17(14)11-12-5-3-2-4-6-12/h2-6,13-14H,7,9-11H2,1H3/t13-,14-/m0/s1. The molecule has 0 aromatic heterocycles. The summed E-state index contributed by atoms with van der Waals surface area (Å²) in [6.07, 6.45) is 1.82. The van der Waals surface area contributed by atoms with Crippen LogP contribution in [0.4, 0.5) is 0 Å². The molecule has 1 aromatic carbocycles. The Morgan fingerprint density at radius 2 is 2.16 bits per heavy atom. The van der Waals surface area contributed by atoms with Crippen LogP contribution in [0.15, 0.2) is 30.3 Å². The van der Waals surface area contributed by atoms with E-state index in [2.05, 4.69) is 23.1 Å². The average Bonchev–Trinajstić information content (AvgIpc) is 2.44. The summed E-state index contributed by atoms with van der Waals surface area (Å²) >= 11 is 0. The lowest BCUT2D eigenvalue weighted by Crippen LogP contribution is -2.55. The Labute approximate surface area is 113 Å². The van der Waals surface area contributed by atoms with Crippen LogP contribution in [0.3, 0.4) is 0 Å². The zero-order valence-corrected chi connectivity index (χ0v) is 11.1. The fraction of sp³-hybridized carbons (Fsp3) is 0.467. The Morgan fingerprint density at radius 3 is 2.79 bits per heavy atom. The molecule has 1 aliphatic heterocycles. The number of benzene rings is 1. The van der Waals surface area contributed by atoms with Crippen LogP contribution < -0.4 is 0 Å². The van der Waals surface area contributed by atoms with E-state index in [0.717, 1.165) is 13.0 Å². The third-order valence-corrected chi connectivity index (χ3v) is 3.65. The van der Waals surface area contributed by atoms with Crippen LogP contribution in [0.5, 0.6) is 0 Å². The molecule has 0 unspecified atom stereocenters. The fourth-order valence-electron chi connectivity index (χ4n) is 2.58. The van der Waals surface area contributed by atoms with Crippen LogP contribution in [0, 0.1) is 11.3 Å². The molecule has 1 saturated heterocycles. The maximum atomic E-state index is 11.4. The molecule has 100 valence electrons. The number of nitrogens with zero attached hydrogens (tertiary/aromatic N) is 2. The number of hydrogen-bond donors (Lipinski definition) is 0. The number of carbonyl (C=O) groups is 1. The maximum Gasteiger partial charge on any atom is 0.307 e. The number of likely N-dealkylation sites (tertiary alicyclic amines) is 1. The van der Waals surface area contributed by atoms with Gasteiger partial charge >= 0.3 is 5.97 Å². The molecule has 1 heterocycles. The number of nitriles is 1. The van der Waals surface area contributed by atoms with Crippen molar-refractivity contribution < 1.29 is 9.53 Å². The zero-order chi connectivity index (χ0) is 13.7. The van der Waals surface area contributed by atoms with Crippen LogP contribution in [0.1, 0.15) is 24.8 Å². The van der Waals surface area contributed by atoms with E-state index in [0.29, 0.717) is 12.8 Å². The van der Waals surface area contributed by atoms with Gasteiger partial charge in [0, 0.05) is 18.6 Å². The normalized spacial score (nSPS) is 22.3. The predicted molar refractivity (Wildman–Crippen MR) is 71.0 cm³/mol. The molecule has 0 aliphatic carbocycles. The second-order valence-corrected chi connectivity index (χ2v) is 4.84. The predicted octanol–water partition coefficient (Wildman–Crippen LogP) is 2.11. The minimum Gasteiger partial charge on any atom is -0.469 e. The van der Waals surface area contributed by atoms with E-state index in [9.17, 15) is 4.79 Å². The lowest BCUT2D eigenvalue weighted by molar-refractivity contribution is -0.144. The number of carbonyl (C=O) groups excluding carboxylic acids is 1. The maximum absolute atomic E-state index is 11.4. The van der Waals surface area contributed by atoms with Crippen LogP contribution in [-0.2, 0) is 16.1 Å². The van der Waals surface area contributed by atoms with Gasteiger partial charge in [-0.15, -0.1) is 0 Å². The topological polar surface area (TPSA) is 53.3 Å². The first-order valence-corrected chi connectivity index (χ1v) is 6.48. The highest BCUT2D eigenvalue weighted by Gasteiger charge is 2.39. The summed E-state index contributed by atoms with van der Waals surface area (Å²) in [7, 11) is 1.41. The molecule has 1 aromatic rings. The Bertz CT molecular complexity index is 467. The Balaban J connectivity index is 1.99. The van der Waals surface area contributed by atoms with Crippen LogP contribution >= 0.6 is 0 Å². The van der Waals surface area contributed by atoms with E-state index in [1.54, 1.807) is 0 Å². The zero-order valence-electron chi connectivity index (χ0n) is 11.1. The van der Waals surface area contributed by atoms with Gasteiger partial charge in [-0.05, 0) is 12.0 Å². The number of ether oxygens (including phenoxy) is 1. The van der Waals surface area contributed by atoms with E-state index >= 15 is 0 Å². The van der Waals surface area contributed by atoms with E-state index in [-0.39, 0.29) is 18.1 Å². The second kappa shape index (κ2) is 6.35. The molecule has 0 amide bonds. The highest BCUT2D eigenvalue weighted by atomic mass is 16.5. The SMILES string of the molecule is COC(=O)C[C@@H]1C[C@H](CC#N)N1Cc1ccccc1. The van der Waals surface area contributed by atoms with E-state index in [1.165, 1.54) is 12.7 Å². The lowest BCUT2D eigenvalue weighted by Gasteiger charge is -2.47. The Kier molecular flexibility index (Phi) is 4.53. The summed E-state index contributed by atoms with van der Waals surface area (Å²) in [6.45, 7) is 0.787. The first-order valence-electron chi connectivity index (χ1n) is 6.48. The largest absolute Gasteiger partial charge is 0.469 e. The highest BCUT2D eigenvalue weighted by molar-refractivity contribution is 5.70. The minimum absolute atomic E-state index is 0.182. The molecule has 19 heavy (non-hydrogen) atoms. The van der Waals surface area contributed by atoms with Crippen molar-refractivity contribution in [2.45, 2.75) is 37.9 Å². The van der Waals surface area contributed by atoms with Crippen molar-refractivity contribution in [3.8, 4) is 6.07 Å². The van der Waals surface area contributed by atoms with Crippen molar-refractivity contribution in [1.29, 1.82) is 5.26 Å². The van der Waals surface area contributed by atoms with E-state index in [4.69, 9.17) is 10.00 Å². The van der Waals surface area contributed by atoms with Gasteiger partial charge in [-0.25, -0.2) is 0 Å². The fourth-order valence-corrected chi connectivity index (χ4v) is 2.58. The summed E-state index contributed by atoms with van der Waals surface area (Å²) < 4.78 is 4.72. The van der Waals surface area contributed by atoms with Crippen LogP contribution in [-0.4, -0.2) is 30.1 Å². The van der Waals surface area contributed by atoms with Gasteiger partial charge in [0.25, 0.3) is 0 Å². The number of esters is 1. The molecule has 2 atom stereocenters. The Morgan fingerprint density at radius 1 is 1.42 bits per heavy atom. The van der Waals surface area contributed by atoms with Crippen LogP contribution in [0.25, 0.3) is 0 Å². The molecular formula is C15H18N2O2. The van der Waals surface area contributed by atoms with Crippen molar-refractivity contribution >= 4 is 5.97 Å². The van der Waals surface area contributed by atoms with Crippen molar-refractivity contribution in [3.05, 3.63) is 35.9 Å². The third-order valence-electron chi connectivity index (χ3n) is 3.65. The molecule has 0 spiro atoms. The molecular weight excluding hydrogens is 240 g/mol. The van der Waals surface area contributed by atoms with Gasteiger partial charge in [0.05, 0.1) is 26.0 Å². The van der Waals surface area contributed by atoms with Gasteiger partial charge in [0.1, 0.15) is 0 Å². The molecule has 1 fully saturated rings. The van der Waals surface area contributed by atoms with Gasteiger partial charge in [-0.2, -0.15) is 5.26 Å². The number of rotatable bonds is 5. The molecule has 4 heteroatoms. The molecule has 4 nitrogen and oxygen atoms in total. The lowest BCUT2D eigenvalue weighted by atomic mass is 9.88. The molecule has 2 rings (SSSR count). The molecule has 0 radical (unpaired) electrons. The summed E-state index contributed by atoms with van der Waals surface area (Å²) in [6, 6.07) is 12.8. The quantitative estimate of drug-likeness (QED) is 0.759. The van der Waals surface area contributed by atoms with Gasteiger partial charge in [-0.1, -0.05) is 30.3 Å². The summed E-state index contributed by atoms with van der Waals surface area (Å²) in [5.74, 6) is -0.182. The van der Waals surface area contributed by atoms with Crippen molar-refractivity contribution in [2.24, 2.45) is 0 Å². The first kappa shape index (κ1) is 13.6. The molecule has 0 N–H and O–H groups in total. The minimum atomic E-state index is -0.182. The van der Waals surface area contributed by atoms with E-state index < -0.39 is 0 Å². The molecule has 0 bridgehead atoms. The first-order chi connectivity index (χ1) is 9.24. The number of methoxy groups -OCH3 is 1. The third kappa shape index (κ3) is 3.33. The summed E-state index contributed by atoms with van der Waals surface area (Å²) in [4.78, 5) is 13.6. The van der Waals surface area contributed by atoms with Crippen molar-refractivity contribution in [1.82, 2.24) is 4.90 Å². The van der Waals surface area contributed by atoms with Crippen LogP contribution in [0.2, 0.25) is 0 Å². The van der Waals surface area contributed by atoms with Gasteiger partial charge < -0.3 is 4.74 Å². The number of hydrogen-bond acceptors (Lipinski definition) is 4. The van der Waals surface area contributed by atoms with E-state index in [1.807, 2.05) is 18.2 Å². The van der Waals surface area contributed by atoms with Gasteiger partial charge in [0.2, 0.25) is 0 Å². The average molecular weight is 258 g/mol. The molecule has 1 aliphatic rings. The second-order valence-electron chi connectivity index (χ2n) is 4.84. The van der Waals surface area contributed by atoms with Crippen molar-refractivity contribution in [3.63, 3.8) is 0 Å².